The highest BCUT2D eigenvalue weighted by Crippen LogP contribution is 2.45. The van der Waals surface area contributed by atoms with Crippen LogP contribution in [0.5, 0.6) is 11.5 Å². The molecule has 0 spiro atoms. The number of allylic oxidation sites excluding steroid dienone is 1. The maximum atomic E-state index is 13.8. The number of carbonyl (C=O) groups excluding carboxylic acids is 1. The van der Waals surface area contributed by atoms with Crippen LogP contribution in [-0.4, -0.2) is 29.8 Å². The number of ether oxygens (including phenoxy) is 2. The smallest absolute Gasteiger partial charge is 0.274 e. The van der Waals surface area contributed by atoms with Gasteiger partial charge in [-0.2, -0.15) is 5.10 Å². The molecular formula is C31H31ClN2O3. The topological polar surface area (TPSA) is 51.1 Å². The summed E-state index contributed by atoms with van der Waals surface area (Å²) in [5.74, 6) is 1.64. The quantitative estimate of drug-likeness (QED) is 0.326. The number of fused-ring (bicyclic) bond motifs is 1. The van der Waals surface area contributed by atoms with E-state index in [0.717, 1.165) is 47.6 Å². The van der Waals surface area contributed by atoms with Crippen LogP contribution in [-0.2, 0) is 0 Å². The number of nitrogens with zero attached hydrogens (tertiary/aromatic N) is 2. The first-order valence-electron chi connectivity index (χ1n) is 12.9. The van der Waals surface area contributed by atoms with Gasteiger partial charge in [0.2, 0.25) is 0 Å². The zero-order valence-electron chi connectivity index (χ0n) is 21.2. The molecule has 1 heterocycles. The molecule has 6 heteroatoms. The third kappa shape index (κ3) is 5.42. The van der Waals surface area contributed by atoms with E-state index in [9.17, 15) is 4.79 Å². The van der Waals surface area contributed by atoms with E-state index in [-0.39, 0.29) is 17.9 Å². The van der Waals surface area contributed by atoms with E-state index in [1.807, 2.05) is 38.1 Å². The van der Waals surface area contributed by atoms with Gasteiger partial charge >= 0.3 is 0 Å². The first kappa shape index (κ1) is 25.1. The Bertz CT molecular complexity index is 1320. The molecule has 1 saturated carbocycles. The van der Waals surface area contributed by atoms with Crippen molar-refractivity contribution >= 4 is 29.3 Å². The second-order valence-corrected chi connectivity index (χ2v) is 9.70. The third-order valence-corrected chi connectivity index (χ3v) is 7.08. The molecule has 5 rings (SSSR count). The SMILES string of the molecule is CCOc1ccc(/C=C2\CCC[C@H]3C2=NN(C(=O)c2cccc(Cl)c2)[C@H]3c2ccc(OCC)cc2)cc1. The summed E-state index contributed by atoms with van der Waals surface area (Å²) in [6, 6.07) is 23.0. The van der Waals surface area contributed by atoms with E-state index in [0.29, 0.717) is 23.8 Å². The maximum Gasteiger partial charge on any atom is 0.274 e. The summed E-state index contributed by atoms with van der Waals surface area (Å²) in [4.78, 5) is 13.8. The molecule has 0 bridgehead atoms. The summed E-state index contributed by atoms with van der Waals surface area (Å²) >= 11 is 6.22. The Morgan fingerprint density at radius 3 is 2.32 bits per heavy atom. The van der Waals surface area contributed by atoms with E-state index in [2.05, 4.69) is 30.3 Å². The number of hydrazone groups is 1. The minimum absolute atomic E-state index is 0.115. The van der Waals surface area contributed by atoms with Crippen LogP contribution in [0.4, 0.5) is 0 Å². The lowest BCUT2D eigenvalue weighted by molar-refractivity contribution is 0.0681. The molecule has 0 N–H and O–H groups in total. The fourth-order valence-electron chi connectivity index (χ4n) is 5.21. The van der Waals surface area contributed by atoms with Crippen LogP contribution in [0.25, 0.3) is 6.08 Å². The molecule has 0 aromatic heterocycles. The Hall–Kier alpha value is -3.57. The predicted octanol–water partition coefficient (Wildman–Crippen LogP) is 7.57. The average molecular weight is 515 g/mol. The zero-order valence-corrected chi connectivity index (χ0v) is 21.9. The van der Waals surface area contributed by atoms with Crippen molar-refractivity contribution in [2.24, 2.45) is 11.0 Å². The number of hydrogen-bond donors (Lipinski definition) is 0. The second kappa shape index (κ2) is 11.2. The van der Waals surface area contributed by atoms with Gasteiger partial charge in [0.1, 0.15) is 11.5 Å². The van der Waals surface area contributed by atoms with Gasteiger partial charge in [0, 0.05) is 16.5 Å². The first-order chi connectivity index (χ1) is 18.1. The van der Waals surface area contributed by atoms with Crippen LogP contribution in [0, 0.1) is 5.92 Å². The third-order valence-electron chi connectivity index (χ3n) is 6.85. The van der Waals surface area contributed by atoms with Gasteiger partial charge in [-0.1, -0.05) is 41.9 Å². The fourth-order valence-corrected chi connectivity index (χ4v) is 5.40. The molecule has 1 amide bonds. The van der Waals surface area contributed by atoms with E-state index in [1.54, 1.807) is 29.3 Å². The number of halogens is 1. The molecule has 2 aliphatic rings. The van der Waals surface area contributed by atoms with Gasteiger partial charge in [0.25, 0.3) is 5.91 Å². The van der Waals surface area contributed by atoms with Crippen molar-refractivity contribution in [2.75, 3.05) is 13.2 Å². The van der Waals surface area contributed by atoms with Crippen LogP contribution in [0.2, 0.25) is 5.02 Å². The van der Waals surface area contributed by atoms with Crippen molar-refractivity contribution in [1.29, 1.82) is 0 Å². The summed E-state index contributed by atoms with van der Waals surface area (Å²) in [5.41, 5.74) is 4.85. The molecule has 37 heavy (non-hydrogen) atoms. The van der Waals surface area contributed by atoms with Gasteiger partial charge in [0.05, 0.1) is 25.0 Å². The molecule has 2 atom stereocenters. The molecule has 3 aromatic carbocycles. The second-order valence-electron chi connectivity index (χ2n) is 9.26. The van der Waals surface area contributed by atoms with Crippen molar-refractivity contribution in [2.45, 2.75) is 39.2 Å². The van der Waals surface area contributed by atoms with Gasteiger partial charge < -0.3 is 9.47 Å². The molecule has 1 fully saturated rings. The Balaban J connectivity index is 1.52. The average Bonchev–Trinajstić information content (AvgIpc) is 3.31. The Kier molecular flexibility index (Phi) is 7.61. The van der Waals surface area contributed by atoms with Gasteiger partial charge in [0.15, 0.2) is 0 Å². The van der Waals surface area contributed by atoms with Crippen LogP contribution in [0.1, 0.15) is 60.6 Å². The molecule has 1 aliphatic heterocycles. The molecule has 3 aromatic rings. The Morgan fingerprint density at radius 2 is 1.68 bits per heavy atom. The van der Waals surface area contributed by atoms with Gasteiger partial charge in [-0.25, -0.2) is 5.01 Å². The number of amides is 1. The van der Waals surface area contributed by atoms with Crippen LogP contribution < -0.4 is 9.47 Å². The summed E-state index contributed by atoms with van der Waals surface area (Å²) < 4.78 is 11.2. The van der Waals surface area contributed by atoms with Crippen LogP contribution >= 0.6 is 11.6 Å². The van der Waals surface area contributed by atoms with Crippen LogP contribution in [0.3, 0.4) is 0 Å². The van der Waals surface area contributed by atoms with E-state index in [4.69, 9.17) is 26.2 Å². The number of rotatable bonds is 7. The summed E-state index contributed by atoms with van der Waals surface area (Å²) in [6.45, 7) is 5.20. The Morgan fingerprint density at radius 1 is 1.00 bits per heavy atom. The molecular weight excluding hydrogens is 484 g/mol. The van der Waals surface area contributed by atoms with Crippen molar-refractivity contribution in [1.82, 2.24) is 5.01 Å². The standard InChI is InChI=1S/C31H31ClN2O3/c1-3-36-26-15-11-21(12-16-26)19-23-7-6-10-28-29(23)33-34(31(35)24-8-5-9-25(32)20-24)30(28)22-13-17-27(18-14-22)37-4-2/h5,8-9,11-20,28,30H,3-4,6-7,10H2,1-2H3/b23-19+/t28-,30-/m0/s1. The summed E-state index contributed by atoms with van der Waals surface area (Å²) in [6.07, 6.45) is 5.14. The summed E-state index contributed by atoms with van der Waals surface area (Å²) in [5, 5.41) is 7.19. The van der Waals surface area contributed by atoms with E-state index >= 15 is 0 Å². The van der Waals surface area contributed by atoms with Crippen LogP contribution in [0.15, 0.2) is 83.5 Å². The molecule has 1 aliphatic carbocycles. The molecule has 190 valence electrons. The van der Waals surface area contributed by atoms with Crippen molar-refractivity contribution in [3.05, 3.63) is 100 Å². The van der Waals surface area contributed by atoms with Gasteiger partial charge in [-0.15, -0.1) is 0 Å². The highest BCUT2D eigenvalue weighted by atomic mass is 35.5. The zero-order chi connectivity index (χ0) is 25.8. The van der Waals surface area contributed by atoms with Crippen molar-refractivity contribution in [3.63, 3.8) is 0 Å². The molecule has 0 radical (unpaired) electrons. The van der Waals surface area contributed by atoms with Crippen molar-refractivity contribution in [3.8, 4) is 11.5 Å². The monoisotopic (exact) mass is 514 g/mol. The molecule has 0 unspecified atom stereocenters. The molecule has 5 nitrogen and oxygen atoms in total. The lowest BCUT2D eigenvalue weighted by atomic mass is 9.77. The largest absolute Gasteiger partial charge is 0.494 e. The lowest BCUT2D eigenvalue weighted by Crippen LogP contribution is -2.31. The maximum absolute atomic E-state index is 13.8. The lowest BCUT2D eigenvalue weighted by Gasteiger charge is -2.30. The van der Waals surface area contributed by atoms with Crippen molar-refractivity contribution < 1.29 is 14.3 Å². The Labute approximate surface area is 223 Å². The fraction of sp³-hybridized carbons (Fsp3) is 0.290. The minimum Gasteiger partial charge on any atom is -0.494 e. The van der Waals surface area contributed by atoms with E-state index in [1.165, 1.54) is 5.57 Å². The number of hydrogen-bond acceptors (Lipinski definition) is 4. The minimum atomic E-state index is -0.193. The molecule has 0 saturated heterocycles. The first-order valence-corrected chi connectivity index (χ1v) is 13.3. The number of benzene rings is 3. The normalized spacial score (nSPS) is 19.9. The van der Waals surface area contributed by atoms with Gasteiger partial charge in [-0.3, -0.25) is 4.79 Å². The highest BCUT2D eigenvalue weighted by Gasteiger charge is 2.44. The predicted molar refractivity (Wildman–Crippen MR) is 148 cm³/mol. The van der Waals surface area contributed by atoms with Gasteiger partial charge in [-0.05, 0) is 98.4 Å². The number of carbonyl (C=O) groups is 1. The summed E-state index contributed by atoms with van der Waals surface area (Å²) in [7, 11) is 0. The highest BCUT2D eigenvalue weighted by molar-refractivity contribution is 6.31. The van der Waals surface area contributed by atoms with E-state index < -0.39 is 0 Å².